The first-order valence-electron chi connectivity index (χ1n) is 9.16. The van der Waals surface area contributed by atoms with E-state index in [1.807, 2.05) is 0 Å². The van der Waals surface area contributed by atoms with Crippen LogP contribution in [0.25, 0.3) is 6.08 Å². The smallest absolute Gasteiger partial charge is 0.339 e. The predicted octanol–water partition coefficient (Wildman–Crippen LogP) is 4.56. The molecule has 0 saturated heterocycles. The van der Waals surface area contributed by atoms with Crippen molar-refractivity contribution in [1.29, 1.82) is 5.26 Å². The average Bonchev–Trinajstić information content (AvgIpc) is 2.79. The average molecular weight is 484 g/mol. The van der Waals surface area contributed by atoms with Crippen LogP contribution < -0.4 is 9.50 Å². The van der Waals surface area contributed by atoms with E-state index in [1.54, 1.807) is 36.4 Å². The summed E-state index contributed by atoms with van der Waals surface area (Å²) >= 11 is 5.81. The summed E-state index contributed by atoms with van der Waals surface area (Å²) < 4.78 is 30.4. The van der Waals surface area contributed by atoms with Gasteiger partial charge in [-0.3, -0.25) is 14.9 Å². The fourth-order valence-electron chi connectivity index (χ4n) is 2.61. The Balaban J connectivity index is 1.87. The van der Waals surface area contributed by atoms with E-state index in [0.29, 0.717) is 10.7 Å². The molecule has 0 saturated carbocycles. The molecule has 9 nitrogen and oxygen atoms in total. The molecule has 0 fully saturated rings. The van der Waals surface area contributed by atoms with Gasteiger partial charge in [-0.15, -0.1) is 0 Å². The molecule has 3 aromatic carbocycles. The number of para-hydroxylation sites is 1. The Morgan fingerprint density at radius 3 is 2.30 bits per heavy atom. The van der Waals surface area contributed by atoms with Gasteiger partial charge in [-0.25, -0.2) is 0 Å². The summed E-state index contributed by atoms with van der Waals surface area (Å²) in [6.07, 6.45) is 1.19. The van der Waals surface area contributed by atoms with Crippen molar-refractivity contribution in [1.82, 2.24) is 0 Å². The summed E-state index contributed by atoms with van der Waals surface area (Å²) in [5, 5.41) is 23.2. The minimum atomic E-state index is -4.34. The highest BCUT2D eigenvalue weighted by atomic mass is 35.5. The van der Waals surface area contributed by atoms with Crippen molar-refractivity contribution in [3.8, 4) is 11.8 Å². The topological polar surface area (TPSA) is 139 Å². The van der Waals surface area contributed by atoms with Gasteiger partial charge in [-0.05, 0) is 48.5 Å². The summed E-state index contributed by atoms with van der Waals surface area (Å²) in [6, 6.07) is 18.1. The molecule has 0 atom stereocenters. The summed E-state index contributed by atoms with van der Waals surface area (Å²) in [5.74, 6) is -0.851. The Kier molecular flexibility index (Phi) is 7.07. The summed E-state index contributed by atoms with van der Waals surface area (Å²) in [4.78, 5) is 22.3. The molecule has 0 aromatic heterocycles. The summed E-state index contributed by atoms with van der Waals surface area (Å²) in [5.41, 5.74) is -0.00185. The highest BCUT2D eigenvalue weighted by molar-refractivity contribution is 7.87. The molecular weight excluding hydrogens is 470 g/mol. The number of benzene rings is 3. The highest BCUT2D eigenvalue weighted by Crippen LogP contribution is 2.26. The molecule has 0 spiro atoms. The zero-order chi connectivity index (χ0) is 24.0. The number of nitro groups is 1. The molecule has 3 aromatic rings. The van der Waals surface area contributed by atoms with Crippen LogP contribution in [0.5, 0.6) is 5.75 Å². The molecule has 0 unspecified atom stereocenters. The van der Waals surface area contributed by atoms with E-state index in [0.717, 1.165) is 24.3 Å². The van der Waals surface area contributed by atoms with Crippen LogP contribution in [-0.2, 0) is 14.9 Å². The maximum atomic E-state index is 12.6. The van der Waals surface area contributed by atoms with Gasteiger partial charge in [-0.2, -0.15) is 13.7 Å². The van der Waals surface area contributed by atoms with Crippen LogP contribution in [0, 0.1) is 21.4 Å². The summed E-state index contributed by atoms with van der Waals surface area (Å²) in [6.45, 7) is 0. The Morgan fingerprint density at radius 1 is 1.06 bits per heavy atom. The fourth-order valence-corrected chi connectivity index (χ4v) is 3.69. The predicted molar refractivity (Wildman–Crippen MR) is 121 cm³/mol. The van der Waals surface area contributed by atoms with Gasteiger partial charge < -0.3 is 9.50 Å². The number of carbonyl (C=O) groups is 1. The van der Waals surface area contributed by atoms with Gasteiger partial charge in [0, 0.05) is 28.4 Å². The van der Waals surface area contributed by atoms with Crippen molar-refractivity contribution in [3.63, 3.8) is 0 Å². The van der Waals surface area contributed by atoms with Gasteiger partial charge in [0.25, 0.3) is 11.6 Å². The number of rotatable bonds is 7. The Bertz CT molecular complexity index is 1380. The fraction of sp³-hybridized carbons (Fsp3) is 0. The van der Waals surface area contributed by atoms with E-state index in [9.17, 15) is 28.6 Å². The van der Waals surface area contributed by atoms with Crippen molar-refractivity contribution in [2.24, 2.45) is 0 Å². The van der Waals surface area contributed by atoms with Crippen LogP contribution in [0.15, 0.2) is 83.3 Å². The zero-order valence-electron chi connectivity index (χ0n) is 16.6. The van der Waals surface area contributed by atoms with Crippen LogP contribution in [0.2, 0.25) is 5.02 Å². The molecule has 0 heterocycles. The molecule has 166 valence electrons. The van der Waals surface area contributed by atoms with Gasteiger partial charge >= 0.3 is 10.1 Å². The molecule has 0 bridgehead atoms. The number of non-ortho nitro benzene ring substituents is 1. The Labute approximate surface area is 193 Å². The van der Waals surface area contributed by atoms with Crippen molar-refractivity contribution < 1.29 is 22.3 Å². The van der Waals surface area contributed by atoms with Crippen LogP contribution in [0.1, 0.15) is 5.56 Å². The molecular formula is C22H14ClN3O6S. The van der Waals surface area contributed by atoms with Crippen LogP contribution in [0.3, 0.4) is 0 Å². The minimum Gasteiger partial charge on any atom is -0.378 e. The van der Waals surface area contributed by atoms with E-state index in [2.05, 4.69) is 5.32 Å². The van der Waals surface area contributed by atoms with Gasteiger partial charge in [0.2, 0.25) is 0 Å². The van der Waals surface area contributed by atoms with Crippen LogP contribution in [0.4, 0.5) is 11.4 Å². The second kappa shape index (κ2) is 9.95. The molecule has 0 aliphatic heterocycles. The first-order chi connectivity index (χ1) is 15.7. The lowest BCUT2D eigenvalue weighted by atomic mass is 10.1. The number of nitriles is 1. The number of amides is 1. The molecule has 0 aliphatic rings. The normalized spacial score (nSPS) is 11.3. The number of nitro benzene ring substituents is 1. The second-order valence-electron chi connectivity index (χ2n) is 6.46. The third-order valence-electron chi connectivity index (χ3n) is 4.22. The van der Waals surface area contributed by atoms with Crippen molar-refractivity contribution in [3.05, 3.63) is 99.1 Å². The number of nitrogens with zero attached hydrogens (tertiary/aromatic N) is 2. The highest BCUT2D eigenvalue weighted by Gasteiger charge is 2.20. The van der Waals surface area contributed by atoms with E-state index < -0.39 is 20.9 Å². The third kappa shape index (κ3) is 5.94. The van der Waals surface area contributed by atoms with Gasteiger partial charge in [0.15, 0.2) is 0 Å². The minimum absolute atomic E-state index is 0.136. The van der Waals surface area contributed by atoms with Gasteiger partial charge in [-0.1, -0.05) is 29.8 Å². The SMILES string of the molecule is N#C/C(=C/c1ccccc1OS(=O)(=O)c1ccc([N+](=O)[O-])cc1)C(=O)Nc1ccc(Cl)cc1. The van der Waals surface area contributed by atoms with Crippen LogP contribution >= 0.6 is 11.6 Å². The van der Waals surface area contributed by atoms with Crippen molar-refractivity contribution in [2.45, 2.75) is 4.90 Å². The van der Waals surface area contributed by atoms with E-state index in [1.165, 1.54) is 24.3 Å². The zero-order valence-corrected chi connectivity index (χ0v) is 18.2. The number of nitrogens with one attached hydrogen (secondary N) is 1. The van der Waals surface area contributed by atoms with Crippen molar-refractivity contribution >= 4 is 45.1 Å². The maximum Gasteiger partial charge on any atom is 0.339 e. The number of halogens is 1. The number of carbonyl (C=O) groups excluding carboxylic acids is 1. The van der Waals surface area contributed by atoms with Gasteiger partial charge in [0.05, 0.1) is 4.92 Å². The summed E-state index contributed by atoms with van der Waals surface area (Å²) in [7, 11) is -4.34. The lowest BCUT2D eigenvalue weighted by Crippen LogP contribution is -2.14. The number of hydrogen-bond acceptors (Lipinski definition) is 7. The first kappa shape index (κ1) is 23.5. The van der Waals surface area contributed by atoms with Gasteiger partial charge in [0.1, 0.15) is 22.3 Å². The quantitative estimate of drug-likeness (QED) is 0.171. The molecule has 1 amide bonds. The molecule has 0 radical (unpaired) electrons. The lowest BCUT2D eigenvalue weighted by Gasteiger charge is -2.10. The van der Waals surface area contributed by atoms with E-state index >= 15 is 0 Å². The molecule has 3 rings (SSSR count). The van der Waals surface area contributed by atoms with Crippen molar-refractivity contribution in [2.75, 3.05) is 5.32 Å². The lowest BCUT2D eigenvalue weighted by molar-refractivity contribution is -0.384. The molecule has 0 aliphatic carbocycles. The number of hydrogen-bond donors (Lipinski definition) is 1. The maximum absolute atomic E-state index is 12.6. The number of anilines is 1. The van der Waals surface area contributed by atoms with E-state index in [-0.39, 0.29) is 27.5 Å². The third-order valence-corrected chi connectivity index (χ3v) is 5.72. The van der Waals surface area contributed by atoms with E-state index in [4.69, 9.17) is 15.8 Å². The standard InChI is InChI=1S/C22H14ClN3O6S/c23-17-5-7-18(8-6-17)25-22(27)16(14-24)13-15-3-1-2-4-21(15)32-33(30,31)20-11-9-19(10-12-20)26(28)29/h1-13H,(H,25,27)/b16-13-. The first-order valence-corrected chi connectivity index (χ1v) is 10.9. The monoisotopic (exact) mass is 483 g/mol. The second-order valence-corrected chi connectivity index (χ2v) is 8.44. The Hall–Kier alpha value is -4.20. The molecule has 1 N–H and O–H groups in total. The molecule has 11 heteroatoms. The Morgan fingerprint density at radius 2 is 1.70 bits per heavy atom. The molecule has 33 heavy (non-hydrogen) atoms. The largest absolute Gasteiger partial charge is 0.378 e. The van der Waals surface area contributed by atoms with Crippen LogP contribution in [-0.4, -0.2) is 19.2 Å².